The lowest BCUT2D eigenvalue weighted by molar-refractivity contribution is -0.152. The third-order valence-corrected chi connectivity index (χ3v) is 3.86. The van der Waals surface area contributed by atoms with Crippen LogP contribution in [0.3, 0.4) is 0 Å². The van der Waals surface area contributed by atoms with Crippen LogP contribution >= 0.6 is 11.6 Å². The maximum absolute atomic E-state index is 12.2. The lowest BCUT2D eigenvalue weighted by atomic mass is 10.2. The van der Waals surface area contributed by atoms with E-state index >= 15 is 0 Å². The van der Waals surface area contributed by atoms with Gasteiger partial charge in [0.1, 0.15) is 5.70 Å². The van der Waals surface area contributed by atoms with Crippen molar-refractivity contribution >= 4 is 35.2 Å². The first kappa shape index (κ1) is 17.5. The van der Waals surface area contributed by atoms with E-state index in [1.54, 1.807) is 30.3 Å². The van der Waals surface area contributed by atoms with Gasteiger partial charge in [0, 0.05) is 5.69 Å². The monoisotopic (exact) mass is 373 g/mol. The highest BCUT2D eigenvalue weighted by Crippen LogP contribution is 2.28. The number of halogens is 1. The molecule has 0 spiro atoms. The van der Waals surface area contributed by atoms with Gasteiger partial charge in [0.2, 0.25) is 0 Å². The predicted molar refractivity (Wildman–Crippen MR) is 91.6 cm³/mol. The topological polar surface area (TPSA) is 102 Å². The second-order valence-corrected chi connectivity index (χ2v) is 5.62. The van der Waals surface area contributed by atoms with Gasteiger partial charge in [-0.25, -0.2) is 14.4 Å². The lowest BCUT2D eigenvalue weighted by Gasteiger charge is -2.16. The maximum Gasteiger partial charge on any atom is 0.355 e. The molecular formula is C18H12ClNO6. The lowest BCUT2D eigenvalue weighted by Crippen LogP contribution is -2.24. The Morgan fingerprint density at radius 1 is 1.04 bits per heavy atom. The number of nitrogens with one attached hydrogen (secondary N) is 1. The molecule has 132 valence electrons. The summed E-state index contributed by atoms with van der Waals surface area (Å²) in [5.41, 5.74) is 0.893. The molecular weight excluding hydrogens is 362 g/mol. The molecule has 0 unspecified atom stereocenters. The molecule has 1 heterocycles. The van der Waals surface area contributed by atoms with E-state index in [-0.39, 0.29) is 21.9 Å². The highest BCUT2D eigenvalue weighted by Gasteiger charge is 2.36. The Morgan fingerprint density at radius 2 is 1.69 bits per heavy atom. The zero-order valence-corrected chi connectivity index (χ0v) is 13.9. The van der Waals surface area contributed by atoms with Crippen LogP contribution in [-0.4, -0.2) is 29.3 Å². The standard InChI is InChI=1S/C18H12ClNO6/c19-13-14(20-12-8-6-10(7-9-12)15(21)22)18(26-17(13)24)25-16(23)11-4-2-1-3-5-11/h1-9,18,20H,(H,21,22)/t18-/m0/s1. The van der Waals surface area contributed by atoms with Gasteiger partial charge in [-0.3, -0.25) is 0 Å². The summed E-state index contributed by atoms with van der Waals surface area (Å²) < 4.78 is 10.2. The Morgan fingerprint density at radius 3 is 2.31 bits per heavy atom. The molecule has 26 heavy (non-hydrogen) atoms. The minimum Gasteiger partial charge on any atom is -0.478 e. The largest absolute Gasteiger partial charge is 0.478 e. The van der Waals surface area contributed by atoms with Crippen LogP contribution in [0.4, 0.5) is 5.69 Å². The molecule has 1 atom stereocenters. The molecule has 2 N–H and O–H groups in total. The van der Waals surface area contributed by atoms with Crippen LogP contribution in [0.15, 0.2) is 65.3 Å². The summed E-state index contributed by atoms with van der Waals surface area (Å²) in [7, 11) is 0. The molecule has 3 rings (SSSR count). The smallest absolute Gasteiger partial charge is 0.355 e. The van der Waals surface area contributed by atoms with Crippen molar-refractivity contribution in [3.63, 3.8) is 0 Å². The van der Waals surface area contributed by atoms with Crippen LogP contribution < -0.4 is 5.32 Å². The molecule has 1 aliphatic rings. The molecule has 1 aliphatic heterocycles. The molecule has 7 nitrogen and oxygen atoms in total. The van der Waals surface area contributed by atoms with E-state index in [1.807, 2.05) is 0 Å². The van der Waals surface area contributed by atoms with Gasteiger partial charge in [0.15, 0.2) is 5.03 Å². The number of carboxylic acid groups (broad SMARTS) is 1. The fourth-order valence-corrected chi connectivity index (χ4v) is 2.39. The van der Waals surface area contributed by atoms with E-state index < -0.39 is 24.2 Å². The van der Waals surface area contributed by atoms with Crippen molar-refractivity contribution in [2.75, 3.05) is 5.32 Å². The molecule has 0 radical (unpaired) electrons. The molecule has 0 amide bonds. The minimum absolute atomic E-state index is 0.0593. The number of rotatable bonds is 5. The number of aromatic carboxylic acids is 1. The van der Waals surface area contributed by atoms with E-state index in [0.29, 0.717) is 5.69 Å². The molecule has 0 aliphatic carbocycles. The summed E-state index contributed by atoms with van der Waals surface area (Å²) >= 11 is 5.94. The second-order valence-electron chi connectivity index (χ2n) is 5.24. The average molecular weight is 374 g/mol. The van der Waals surface area contributed by atoms with Crippen molar-refractivity contribution in [2.24, 2.45) is 0 Å². The highest BCUT2D eigenvalue weighted by molar-refractivity contribution is 6.42. The van der Waals surface area contributed by atoms with Crippen LogP contribution in [0.25, 0.3) is 0 Å². The number of benzene rings is 2. The van der Waals surface area contributed by atoms with Crippen LogP contribution in [0.1, 0.15) is 20.7 Å². The summed E-state index contributed by atoms with van der Waals surface area (Å²) in [6.45, 7) is 0. The second kappa shape index (κ2) is 7.28. The number of ether oxygens (including phenoxy) is 2. The number of hydrogen-bond donors (Lipinski definition) is 2. The minimum atomic E-state index is -1.33. The fraction of sp³-hybridized carbons (Fsp3) is 0.0556. The summed E-state index contributed by atoms with van der Waals surface area (Å²) in [6.07, 6.45) is -1.33. The Balaban J connectivity index is 1.78. The van der Waals surface area contributed by atoms with Gasteiger partial charge in [0.25, 0.3) is 6.29 Å². The maximum atomic E-state index is 12.2. The van der Waals surface area contributed by atoms with Crippen molar-refractivity contribution in [2.45, 2.75) is 6.29 Å². The van der Waals surface area contributed by atoms with Gasteiger partial charge in [-0.1, -0.05) is 29.8 Å². The highest BCUT2D eigenvalue weighted by atomic mass is 35.5. The van der Waals surface area contributed by atoms with E-state index in [9.17, 15) is 14.4 Å². The number of anilines is 1. The SMILES string of the molecule is O=C1O[C@H](OC(=O)c2ccccc2)C(Nc2ccc(C(=O)O)cc2)=C1Cl. The number of cyclic esters (lactones) is 1. The number of hydrogen-bond acceptors (Lipinski definition) is 6. The van der Waals surface area contributed by atoms with Gasteiger partial charge in [-0.15, -0.1) is 0 Å². The van der Waals surface area contributed by atoms with Gasteiger partial charge in [-0.2, -0.15) is 0 Å². The zero-order chi connectivity index (χ0) is 18.7. The van der Waals surface area contributed by atoms with Crippen molar-refractivity contribution < 1.29 is 29.0 Å². The molecule has 0 saturated carbocycles. The number of carboxylic acids is 1. The summed E-state index contributed by atoms with van der Waals surface area (Å²) in [5, 5.41) is 11.5. The van der Waals surface area contributed by atoms with Crippen molar-refractivity contribution in [1.29, 1.82) is 0 Å². The predicted octanol–water partition coefficient (Wildman–Crippen LogP) is 2.99. The van der Waals surface area contributed by atoms with Crippen LogP contribution in [0.2, 0.25) is 0 Å². The molecule has 2 aromatic carbocycles. The Bertz CT molecular complexity index is 892. The van der Waals surface area contributed by atoms with Crippen molar-refractivity contribution in [1.82, 2.24) is 0 Å². The molecule has 0 bridgehead atoms. The first-order chi connectivity index (χ1) is 12.5. The summed E-state index contributed by atoms with van der Waals surface area (Å²) in [5.74, 6) is -2.58. The third-order valence-electron chi connectivity index (χ3n) is 3.50. The Kier molecular flexibility index (Phi) is 4.90. The third kappa shape index (κ3) is 3.68. The Hall–Kier alpha value is -3.32. The number of esters is 2. The molecule has 8 heteroatoms. The normalized spacial score (nSPS) is 16.2. The molecule has 0 saturated heterocycles. The molecule has 2 aromatic rings. The quantitative estimate of drug-likeness (QED) is 0.777. The Labute approximate surface area is 152 Å². The first-order valence-corrected chi connectivity index (χ1v) is 7.80. The van der Waals surface area contributed by atoms with Gasteiger partial charge in [0.05, 0.1) is 11.1 Å². The van der Waals surface area contributed by atoms with Crippen LogP contribution in [0.5, 0.6) is 0 Å². The fourth-order valence-electron chi connectivity index (χ4n) is 2.21. The van der Waals surface area contributed by atoms with Crippen molar-refractivity contribution in [3.05, 3.63) is 76.5 Å². The average Bonchev–Trinajstić information content (AvgIpc) is 2.90. The summed E-state index contributed by atoms with van der Waals surface area (Å²) in [6, 6.07) is 13.9. The van der Waals surface area contributed by atoms with Gasteiger partial charge >= 0.3 is 17.9 Å². The van der Waals surface area contributed by atoms with E-state index in [1.165, 1.54) is 24.3 Å². The number of carbonyl (C=O) groups is 3. The van der Waals surface area contributed by atoms with Crippen LogP contribution in [-0.2, 0) is 14.3 Å². The van der Waals surface area contributed by atoms with E-state index in [4.69, 9.17) is 26.2 Å². The van der Waals surface area contributed by atoms with Crippen molar-refractivity contribution in [3.8, 4) is 0 Å². The number of carbonyl (C=O) groups excluding carboxylic acids is 2. The summed E-state index contributed by atoms with van der Waals surface area (Å²) in [4.78, 5) is 34.8. The molecule has 0 aromatic heterocycles. The zero-order valence-electron chi connectivity index (χ0n) is 13.1. The van der Waals surface area contributed by atoms with E-state index in [2.05, 4.69) is 5.32 Å². The van der Waals surface area contributed by atoms with Crippen LogP contribution in [0, 0.1) is 0 Å². The van der Waals surface area contributed by atoms with Gasteiger partial charge < -0.3 is 19.9 Å². The first-order valence-electron chi connectivity index (χ1n) is 7.43. The van der Waals surface area contributed by atoms with Gasteiger partial charge in [-0.05, 0) is 36.4 Å². The molecule has 0 fully saturated rings. The van der Waals surface area contributed by atoms with E-state index in [0.717, 1.165) is 0 Å².